The van der Waals surface area contributed by atoms with E-state index in [4.69, 9.17) is 9.84 Å². The van der Waals surface area contributed by atoms with Crippen LogP contribution in [0.4, 0.5) is 13.2 Å². The fourth-order valence-corrected chi connectivity index (χ4v) is 2.28. The van der Waals surface area contributed by atoms with Crippen LogP contribution in [0.2, 0.25) is 0 Å². The Morgan fingerprint density at radius 1 is 1.25 bits per heavy atom. The van der Waals surface area contributed by atoms with E-state index in [2.05, 4.69) is 4.98 Å². The normalized spacial score (nSPS) is 11.6. The number of hydrogen-bond acceptors (Lipinski definition) is 3. The zero-order chi connectivity index (χ0) is 17.3. The summed E-state index contributed by atoms with van der Waals surface area (Å²) in [6.07, 6.45) is -1.48. The molecular weight excluding hydrogens is 325 g/mol. The summed E-state index contributed by atoms with van der Waals surface area (Å²) in [6, 6.07) is 9.05. The third-order valence-electron chi connectivity index (χ3n) is 3.31. The number of carboxylic acids is 1. The largest absolute Gasteiger partial charge is 0.483 e. The number of rotatable bonds is 4. The number of carboxylic acid groups (broad SMARTS) is 1. The van der Waals surface area contributed by atoms with Gasteiger partial charge in [0.2, 0.25) is 0 Å². The molecule has 0 spiro atoms. The molecule has 0 unspecified atom stereocenters. The van der Waals surface area contributed by atoms with Crippen LogP contribution in [-0.4, -0.2) is 33.2 Å². The zero-order valence-corrected chi connectivity index (χ0v) is 12.1. The third kappa shape index (κ3) is 3.17. The number of ether oxygens (including phenoxy) is 1. The molecule has 124 valence electrons. The Hall–Kier alpha value is -3.03. The number of aromatic nitrogens is 2. The number of carbonyl (C=O) groups is 1. The molecule has 8 heteroatoms. The quantitative estimate of drug-likeness (QED) is 0.790. The molecule has 0 amide bonds. The third-order valence-corrected chi connectivity index (χ3v) is 3.31. The predicted octanol–water partition coefficient (Wildman–Crippen LogP) is 3.64. The number of fused-ring (bicyclic) bond motifs is 1. The number of halogens is 3. The zero-order valence-electron chi connectivity index (χ0n) is 12.1. The van der Waals surface area contributed by atoms with E-state index in [1.165, 1.54) is 30.6 Å². The molecule has 0 bridgehead atoms. The van der Waals surface area contributed by atoms with Gasteiger partial charge in [-0.3, -0.25) is 4.40 Å². The van der Waals surface area contributed by atoms with Crippen LogP contribution < -0.4 is 4.74 Å². The molecule has 0 fully saturated rings. The molecule has 3 rings (SSSR count). The number of hydrogen-bond donors (Lipinski definition) is 1. The monoisotopic (exact) mass is 336 g/mol. The highest BCUT2D eigenvalue weighted by molar-refractivity contribution is 5.89. The fraction of sp³-hybridized carbons (Fsp3) is 0.125. The van der Waals surface area contributed by atoms with Crippen LogP contribution in [0.15, 0.2) is 48.8 Å². The van der Waals surface area contributed by atoms with Crippen molar-refractivity contribution in [3.63, 3.8) is 0 Å². The van der Waals surface area contributed by atoms with Crippen molar-refractivity contribution in [3.05, 3.63) is 54.4 Å². The number of para-hydroxylation sites is 1. The van der Waals surface area contributed by atoms with Crippen molar-refractivity contribution in [3.8, 4) is 17.0 Å². The number of aromatic carboxylic acids is 1. The summed E-state index contributed by atoms with van der Waals surface area (Å²) in [7, 11) is 0. The van der Waals surface area contributed by atoms with Gasteiger partial charge in [0.15, 0.2) is 6.61 Å². The second-order valence-electron chi connectivity index (χ2n) is 4.99. The first kappa shape index (κ1) is 15.9. The van der Waals surface area contributed by atoms with Crippen molar-refractivity contribution in [2.45, 2.75) is 6.18 Å². The van der Waals surface area contributed by atoms with Gasteiger partial charge in [0.25, 0.3) is 0 Å². The highest BCUT2D eigenvalue weighted by Gasteiger charge is 2.29. The Kier molecular flexibility index (Phi) is 3.88. The van der Waals surface area contributed by atoms with Crippen molar-refractivity contribution in [2.24, 2.45) is 0 Å². The van der Waals surface area contributed by atoms with Crippen molar-refractivity contribution >= 4 is 11.6 Å². The van der Waals surface area contributed by atoms with Crippen molar-refractivity contribution < 1.29 is 27.8 Å². The van der Waals surface area contributed by atoms with E-state index in [0.717, 1.165) is 0 Å². The Bertz CT molecular complexity index is 903. The molecule has 1 N–H and O–H groups in total. The molecule has 0 saturated heterocycles. The van der Waals surface area contributed by atoms with Crippen LogP contribution in [0.25, 0.3) is 16.9 Å². The summed E-state index contributed by atoms with van der Waals surface area (Å²) < 4.78 is 43.6. The second-order valence-corrected chi connectivity index (χ2v) is 4.99. The fourth-order valence-electron chi connectivity index (χ4n) is 2.28. The van der Waals surface area contributed by atoms with Gasteiger partial charge in [-0.15, -0.1) is 0 Å². The van der Waals surface area contributed by atoms with Crippen LogP contribution in [0.3, 0.4) is 0 Å². The summed E-state index contributed by atoms with van der Waals surface area (Å²) in [6.45, 7) is -1.40. The predicted molar refractivity (Wildman–Crippen MR) is 79.1 cm³/mol. The number of imidazole rings is 1. The smallest absolute Gasteiger partial charge is 0.422 e. The van der Waals surface area contributed by atoms with Gasteiger partial charge in [0.1, 0.15) is 11.4 Å². The molecule has 3 aromatic rings. The maximum absolute atomic E-state index is 12.4. The maximum atomic E-state index is 12.4. The number of benzene rings is 1. The lowest BCUT2D eigenvalue weighted by molar-refractivity contribution is -0.153. The van der Waals surface area contributed by atoms with Crippen LogP contribution in [-0.2, 0) is 0 Å². The van der Waals surface area contributed by atoms with E-state index in [-0.39, 0.29) is 11.3 Å². The number of pyridine rings is 1. The van der Waals surface area contributed by atoms with Gasteiger partial charge < -0.3 is 9.84 Å². The summed E-state index contributed by atoms with van der Waals surface area (Å²) in [5.74, 6) is -1.02. The number of alkyl halides is 3. The lowest BCUT2D eigenvalue weighted by Gasteiger charge is -2.13. The number of nitrogens with zero attached hydrogens (tertiary/aromatic N) is 2. The molecular formula is C16H11F3N2O3. The Balaban J connectivity index is 2.03. The van der Waals surface area contributed by atoms with Gasteiger partial charge >= 0.3 is 12.1 Å². The van der Waals surface area contributed by atoms with Gasteiger partial charge in [0.05, 0.1) is 17.5 Å². The molecule has 0 aliphatic rings. The first-order valence-electron chi connectivity index (χ1n) is 6.84. The van der Waals surface area contributed by atoms with Crippen LogP contribution in [0, 0.1) is 0 Å². The molecule has 24 heavy (non-hydrogen) atoms. The summed E-state index contributed by atoms with van der Waals surface area (Å²) in [5, 5.41) is 8.99. The molecule has 5 nitrogen and oxygen atoms in total. The second kappa shape index (κ2) is 5.88. The minimum atomic E-state index is -4.44. The molecule has 0 saturated carbocycles. The van der Waals surface area contributed by atoms with Crippen molar-refractivity contribution in [2.75, 3.05) is 6.61 Å². The SMILES string of the molecule is O=C(O)c1ccn2c(-c3ccccc3OCC(F)(F)F)cnc2c1. The van der Waals surface area contributed by atoms with E-state index in [1.54, 1.807) is 22.6 Å². The maximum Gasteiger partial charge on any atom is 0.422 e. The highest BCUT2D eigenvalue weighted by atomic mass is 19.4. The van der Waals surface area contributed by atoms with Gasteiger partial charge in [-0.25, -0.2) is 9.78 Å². The van der Waals surface area contributed by atoms with Gasteiger partial charge in [-0.1, -0.05) is 12.1 Å². The minimum absolute atomic E-state index is 0.0685. The van der Waals surface area contributed by atoms with Crippen LogP contribution >= 0.6 is 0 Å². The topological polar surface area (TPSA) is 63.8 Å². The molecule has 1 aromatic carbocycles. The van der Waals surface area contributed by atoms with Crippen LogP contribution in [0.5, 0.6) is 5.75 Å². The Morgan fingerprint density at radius 2 is 2.00 bits per heavy atom. The van der Waals surface area contributed by atoms with Gasteiger partial charge in [-0.05, 0) is 24.3 Å². The molecule has 2 heterocycles. The average Bonchev–Trinajstić information content (AvgIpc) is 2.95. The standard InChI is InChI=1S/C16H11F3N2O3/c17-16(18,19)9-24-13-4-2-1-3-11(13)12-8-20-14-7-10(15(22)23)5-6-21(12)14/h1-8H,9H2,(H,22,23). The van der Waals surface area contributed by atoms with E-state index < -0.39 is 18.8 Å². The summed E-state index contributed by atoms with van der Waals surface area (Å²) in [4.78, 5) is 15.1. The first-order chi connectivity index (χ1) is 11.3. The Morgan fingerprint density at radius 3 is 2.71 bits per heavy atom. The van der Waals surface area contributed by atoms with E-state index in [0.29, 0.717) is 16.9 Å². The van der Waals surface area contributed by atoms with Gasteiger partial charge in [0, 0.05) is 11.8 Å². The molecule has 0 atom stereocenters. The van der Waals surface area contributed by atoms with E-state index in [9.17, 15) is 18.0 Å². The van der Waals surface area contributed by atoms with Crippen LogP contribution in [0.1, 0.15) is 10.4 Å². The molecule has 0 aliphatic carbocycles. The lowest BCUT2D eigenvalue weighted by Crippen LogP contribution is -2.19. The van der Waals surface area contributed by atoms with Crippen molar-refractivity contribution in [1.29, 1.82) is 0 Å². The molecule has 2 aromatic heterocycles. The summed E-state index contributed by atoms with van der Waals surface area (Å²) >= 11 is 0. The van der Waals surface area contributed by atoms with Gasteiger partial charge in [-0.2, -0.15) is 13.2 Å². The van der Waals surface area contributed by atoms with E-state index >= 15 is 0 Å². The minimum Gasteiger partial charge on any atom is -0.483 e. The lowest BCUT2D eigenvalue weighted by atomic mass is 10.1. The molecule has 0 radical (unpaired) electrons. The highest BCUT2D eigenvalue weighted by Crippen LogP contribution is 2.31. The average molecular weight is 336 g/mol. The first-order valence-corrected chi connectivity index (χ1v) is 6.84. The summed E-state index contributed by atoms with van der Waals surface area (Å²) in [5.41, 5.74) is 1.37. The van der Waals surface area contributed by atoms with Crippen molar-refractivity contribution in [1.82, 2.24) is 9.38 Å². The van der Waals surface area contributed by atoms with E-state index in [1.807, 2.05) is 0 Å². The molecule has 0 aliphatic heterocycles. The Labute approximate surface area is 133 Å².